The topological polar surface area (TPSA) is 20.3 Å². The largest absolute Gasteiger partial charge is 0.317 e. The van der Waals surface area contributed by atoms with Gasteiger partial charge >= 0.3 is 6.41 Å². The van der Waals surface area contributed by atoms with E-state index < -0.39 is 0 Å². The Kier molecular flexibility index (Phi) is 4.24. The van der Waals surface area contributed by atoms with Crippen LogP contribution in [-0.4, -0.2) is 6.41 Å². The summed E-state index contributed by atoms with van der Waals surface area (Å²) in [7, 11) is 0. The first kappa shape index (κ1) is 12.9. The van der Waals surface area contributed by atoms with E-state index in [9.17, 15) is 4.79 Å². The van der Waals surface area contributed by atoms with Crippen LogP contribution < -0.4 is 4.90 Å². The monoisotopic (exact) mass is 278 g/mol. The Hall–Kier alpha value is -1.51. The third-order valence-electron chi connectivity index (χ3n) is 2.45. The van der Waals surface area contributed by atoms with Crippen molar-refractivity contribution in [1.29, 1.82) is 0 Å². The van der Waals surface area contributed by atoms with Crippen molar-refractivity contribution >= 4 is 35.3 Å². The molecule has 0 heterocycles. The van der Waals surface area contributed by atoms with Gasteiger partial charge in [-0.15, -0.1) is 0 Å². The molecule has 0 aliphatic rings. The lowest BCUT2D eigenvalue weighted by Crippen LogP contribution is -2.20. The van der Waals surface area contributed by atoms with Crippen LogP contribution in [0.4, 0.5) is 5.69 Å². The number of benzene rings is 2. The Balaban J connectivity index is 2.25. The maximum absolute atomic E-state index is 11.0. The number of carbonyl (C=O) groups excluding carboxylic acids is 1. The molecule has 0 aromatic heterocycles. The van der Waals surface area contributed by atoms with Gasteiger partial charge in [0.1, 0.15) is 0 Å². The lowest BCUT2D eigenvalue weighted by Gasteiger charge is -2.17. The zero-order valence-corrected chi connectivity index (χ0v) is 10.9. The van der Waals surface area contributed by atoms with Gasteiger partial charge in [0.25, 0.3) is 0 Å². The van der Waals surface area contributed by atoms with Gasteiger partial charge in [0, 0.05) is 15.7 Å². The Morgan fingerprint density at radius 2 is 1.61 bits per heavy atom. The number of hydrogen-bond donors (Lipinski definition) is 0. The van der Waals surface area contributed by atoms with E-state index in [2.05, 4.69) is 0 Å². The van der Waals surface area contributed by atoms with E-state index in [4.69, 9.17) is 23.2 Å². The van der Waals surface area contributed by atoms with Crippen LogP contribution >= 0.6 is 23.2 Å². The summed E-state index contributed by atoms with van der Waals surface area (Å²) in [6, 6.07) is 14.6. The molecule has 0 fully saturated rings. The molecule has 0 aliphatic carbocycles. The second-order valence-electron chi connectivity index (χ2n) is 3.79. The summed E-state index contributed by atoms with van der Waals surface area (Å²) in [6.07, 6.45) is 1.89. The van der Waals surface area contributed by atoms with Gasteiger partial charge in [0.15, 0.2) is 0 Å². The van der Waals surface area contributed by atoms with Crippen LogP contribution in [-0.2, 0) is 11.3 Å². The van der Waals surface area contributed by atoms with E-state index in [1.165, 1.54) is 4.90 Å². The highest BCUT2D eigenvalue weighted by Crippen LogP contribution is 2.25. The predicted molar refractivity (Wildman–Crippen MR) is 74.8 cm³/mol. The van der Waals surface area contributed by atoms with Crippen LogP contribution in [0.15, 0.2) is 48.5 Å². The minimum Gasteiger partial charge on any atom is -0.300 e. The number of amides is 1. The summed E-state index contributed by atoms with van der Waals surface area (Å²) in [5.41, 5.74) is 1.64. The molecule has 2 rings (SSSR count). The van der Waals surface area contributed by atoms with E-state index in [1.54, 1.807) is 18.2 Å². The van der Waals surface area contributed by atoms with E-state index in [-0.39, 0.29) is 0 Å². The summed E-state index contributed by atoms with van der Waals surface area (Å²) in [5.74, 6) is 0. The first-order valence-electron chi connectivity index (χ1n) is 5.34. The maximum Gasteiger partial charge on any atom is 0.317 e. The van der Waals surface area contributed by atoms with Crippen molar-refractivity contribution in [3.05, 3.63) is 64.1 Å². The molecule has 1 amide bonds. The Bertz CT molecular complexity index is 522. The molecule has 0 atom stereocenters. The number of nitrogens with zero attached hydrogens (tertiary/aromatic N) is 1. The minimum absolute atomic E-state index is 0.432. The second-order valence-corrected chi connectivity index (χ2v) is 4.66. The van der Waals surface area contributed by atoms with Gasteiger partial charge in [0.05, 0.1) is 6.54 Å². The first-order chi connectivity index (χ1) is 8.69. The van der Waals surface area contributed by atoms with E-state index >= 15 is 0 Å². The molecular weight excluding hydrogens is 269 g/mol. The fraction of sp³-hybridized carbons (Fsp3) is 0.0714. The SMILES string of the molecule is O=[C]N(Cc1ccccc1)c1cc(Cl)cc(Cl)c1. The van der Waals surface area contributed by atoms with Crippen molar-refractivity contribution < 1.29 is 4.79 Å². The third kappa shape index (κ3) is 3.25. The highest BCUT2D eigenvalue weighted by Gasteiger charge is 2.09. The van der Waals surface area contributed by atoms with E-state index in [0.717, 1.165) is 5.56 Å². The smallest absolute Gasteiger partial charge is 0.300 e. The predicted octanol–water partition coefficient (Wildman–Crippen LogP) is 4.07. The van der Waals surface area contributed by atoms with E-state index in [1.807, 2.05) is 36.7 Å². The fourth-order valence-corrected chi connectivity index (χ4v) is 2.15. The van der Waals surface area contributed by atoms with Crippen LogP contribution in [0.5, 0.6) is 0 Å². The summed E-state index contributed by atoms with van der Waals surface area (Å²) in [4.78, 5) is 12.5. The van der Waals surface area contributed by atoms with E-state index in [0.29, 0.717) is 22.3 Å². The molecule has 2 aromatic rings. The van der Waals surface area contributed by atoms with Crippen LogP contribution in [0.2, 0.25) is 10.0 Å². The summed E-state index contributed by atoms with van der Waals surface area (Å²) in [6.45, 7) is 0.432. The second kappa shape index (κ2) is 5.89. The molecular formula is C14H10Cl2NO. The fourth-order valence-electron chi connectivity index (χ4n) is 1.64. The van der Waals surface area contributed by atoms with Gasteiger partial charge in [-0.05, 0) is 23.8 Å². The first-order valence-corrected chi connectivity index (χ1v) is 6.10. The molecule has 91 valence electrons. The quantitative estimate of drug-likeness (QED) is 0.772. The van der Waals surface area contributed by atoms with Gasteiger partial charge in [-0.2, -0.15) is 0 Å². The van der Waals surface area contributed by atoms with Gasteiger partial charge in [-0.25, -0.2) is 0 Å². The Labute approximate surface area is 116 Å². The van der Waals surface area contributed by atoms with Crippen LogP contribution in [0.25, 0.3) is 0 Å². The molecule has 2 nitrogen and oxygen atoms in total. The van der Waals surface area contributed by atoms with Crippen molar-refractivity contribution in [2.45, 2.75) is 6.54 Å². The summed E-state index contributed by atoms with van der Waals surface area (Å²) >= 11 is 11.8. The average molecular weight is 279 g/mol. The minimum atomic E-state index is 0.432. The van der Waals surface area contributed by atoms with Crippen LogP contribution in [0.1, 0.15) is 5.56 Å². The van der Waals surface area contributed by atoms with Crippen LogP contribution in [0.3, 0.4) is 0 Å². The lowest BCUT2D eigenvalue weighted by molar-refractivity contribution is 0.551. The highest BCUT2D eigenvalue weighted by molar-refractivity contribution is 6.35. The molecule has 0 saturated carbocycles. The summed E-state index contributed by atoms with van der Waals surface area (Å²) < 4.78 is 0. The summed E-state index contributed by atoms with van der Waals surface area (Å²) in [5, 5.41) is 0.983. The maximum atomic E-state index is 11.0. The van der Waals surface area contributed by atoms with Crippen molar-refractivity contribution in [2.24, 2.45) is 0 Å². The van der Waals surface area contributed by atoms with Gasteiger partial charge in [0.2, 0.25) is 0 Å². The van der Waals surface area contributed by atoms with Crippen LogP contribution in [0, 0.1) is 0 Å². The molecule has 2 aromatic carbocycles. The van der Waals surface area contributed by atoms with Crippen molar-refractivity contribution in [2.75, 3.05) is 4.90 Å². The molecule has 0 aliphatic heterocycles. The standard InChI is InChI=1S/C14H10Cl2NO/c15-12-6-13(16)8-14(7-12)17(10-18)9-11-4-2-1-3-5-11/h1-8H,9H2. The molecule has 18 heavy (non-hydrogen) atoms. The zero-order chi connectivity index (χ0) is 13.0. The lowest BCUT2D eigenvalue weighted by atomic mass is 10.2. The molecule has 0 N–H and O–H groups in total. The number of halogens is 2. The number of anilines is 1. The molecule has 4 heteroatoms. The molecule has 0 unspecified atom stereocenters. The van der Waals surface area contributed by atoms with Crippen molar-refractivity contribution in [1.82, 2.24) is 0 Å². The van der Waals surface area contributed by atoms with Gasteiger partial charge < -0.3 is 0 Å². The normalized spacial score (nSPS) is 10.1. The molecule has 0 spiro atoms. The zero-order valence-electron chi connectivity index (χ0n) is 9.44. The Morgan fingerprint density at radius 1 is 1.00 bits per heavy atom. The van der Waals surface area contributed by atoms with Crippen molar-refractivity contribution in [3.63, 3.8) is 0 Å². The number of hydrogen-bond acceptors (Lipinski definition) is 1. The third-order valence-corrected chi connectivity index (χ3v) is 2.89. The van der Waals surface area contributed by atoms with Gasteiger partial charge in [-0.1, -0.05) is 53.5 Å². The molecule has 0 saturated heterocycles. The Morgan fingerprint density at radius 3 is 2.17 bits per heavy atom. The highest BCUT2D eigenvalue weighted by atomic mass is 35.5. The number of rotatable bonds is 4. The average Bonchev–Trinajstić information content (AvgIpc) is 2.36. The van der Waals surface area contributed by atoms with Gasteiger partial charge in [-0.3, -0.25) is 9.69 Å². The van der Waals surface area contributed by atoms with Crippen molar-refractivity contribution in [3.8, 4) is 0 Å². The molecule has 0 bridgehead atoms. The molecule has 1 radical (unpaired) electrons.